The fourth-order valence-electron chi connectivity index (χ4n) is 3.79. The van der Waals surface area contributed by atoms with Crippen molar-refractivity contribution in [1.29, 1.82) is 0 Å². The highest BCUT2D eigenvalue weighted by molar-refractivity contribution is 8.07. The fraction of sp³-hybridized carbons (Fsp3) is 0.435. The Morgan fingerprint density at radius 3 is 2.76 bits per heavy atom. The summed E-state index contributed by atoms with van der Waals surface area (Å²) in [6, 6.07) is 0. The first-order chi connectivity index (χ1) is 14.3. The van der Waals surface area contributed by atoms with E-state index in [1.807, 2.05) is 11.8 Å². The van der Waals surface area contributed by atoms with Crippen LogP contribution >= 0.6 is 11.8 Å². The summed E-state index contributed by atoms with van der Waals surface area (Å²) in [5.41, 5.74) is 2.36. The number of piperazine rings is 1. The highest BCUT2D eigenvalue weighted by atomic mass is 32.2. The van der Waals surface area contributed by atoms with E-state index in [-0.39, 0.29) is 6.61 Å². The zero-order valence-corrected chi connectivity index (χ0v) is 17.6. The number of nitrogens with zero attached hydrogens (tertiary/aromatic N) is 3. The van der Waals surface area contributed by atoms with Crippen molar-refractivity contribution in [1.82, 2.24) is 9.80 Å². The molecule has 4 rings (SSSR count). The number of thioether (sulfide) groups is 1. The van der Waals surface area contributed by atoms with E-state index in [9.17, 15) is 0 Å². The lowest BCUT2D eigenvalue weighted by atomic mass is 10.1. The molecule has 0 aromatic heterocycles. The van der Waals surface area contributed by atoms with Crippen LogP contribution in [0.1, 0.15) is 12.8 Å². The van der Waals surface area contributed by atoms with Crippen LogP contribution in [-0.2, 0) is 4.74 Å². The van der Waals surface area contributed by atoms with Crippen molar-refractivity contribution in [3.63, 3.8) is 0 Å². The van der Waals surface area contributed by atoms with Gasteiger partial charge in [0.05, 0.1) is 19.8 Å². The molecule has 4 aliphatic rings. The standard InChI is InChI=1S/C23H29N3O2S/c27-15-17-28-16-14-25-10-12-26(13-11-25)23-21-8-2-1-3-9-22(21)29-20-7-5-4-6-19(18-20)24-23/h1-2,4-9,27H,3,10-18H2/b24-23+. The topological polar surface area (TPSA) is 48.3 Å². The maximum atomic E-state index is 8.83. The molecule has 0 atom stereocenters. The van der Waals surface area contributed by atoms with Gasteiger partial charge in [-0.1, -0.05) is 54.3 Å². The molecule has 0 unspecified atom stereocenters. The first kappa shape index (κ1) is 20.4. The number of rotatable bonds is 5. The molecule has 154 valence electrons. The predicted molar refractivity (Wildman–Crippen MR) is 121 cm³/mol. The Morgan fingerprint density at radius 2 is 1.90 bits per heavy atom. The Bertz CT molecular complexity index is 812. The van der Waals surface area contributed by atoms with Gasteiger partial charge in [0.15, 0.2) is 0 Å². The summed E-state index contributed by atoms with van der Waals surface area (Å²) in [6.07, 6.45) is 19.3. The van der Waals surface area contributed by atoms with E-state index in [4.69, 9.17) is 14.8 Å². The average Bonchev–Trinajstić information content (AvgIpc) is 3.10. The van der Waals surface area contributed by atoms with E-state index in [0.717, 1.165) is 57.1 Å². The van der Waals surface area contributed by atoms with E-state index in [1.165, 1.54) is 15.4 Å². The van der Waals surface area contributed by atoms with Crippen LogP contribution in [0.4, 0.5) is 0 Å². The average molecular weight is 412 g/mol. The molecule has 0 saturated carbocycles. The van der Waals surface area contributed by atoms with Crippen molar-refractivity contribution in [3.8, 4) is 0 Å². The Kier molecular flexibility index (Phi) is 7.22. The van der Waals surface area contributed by atoms with Crippen molar-refractivity contribution in [2.24, 2.45) is 4.99 Å². The smallest absolute Gasteiger partial charge is 0.137 e. The molecule has 1 saturated heterocycles. The molecular weight excluding hydrogens is 382 g/mol. The third-order valence-electron chi connectivity index (χ3n) is 5.33. The van der Waals surface area contributed by atoms with Crippen LogP contribution < -0.4 is 0 Å². The van der Waals surface area contributed by atoms with E-state index in [0.29, 0.717) is 13.2 Å². The highest BCUT2D eigenvalue weighted by Gasteiger charge is 2.26. The van der Waals surface area contributed by atoms with Crippen molar-refractivity contribution < 1.29 is 9.84 Å². The van der Waals surface area contributed by atoms with Crippen molar-refractivity contribution in [2.75, 3.05) is 52.5 Å². The van der Waals surface area contributed by atoms with Gasteiger partial charge < -0.3 is 14.7 Å². The third-order valence-corrected chi connectivity index (χ3v) is 6.48. The van der Waals surface area contributed by atoms with Crippen LogP contribution in [0.25, 0.3) is 0 Å². The number of aliphatic imine (C=N–C) groups is 1. The van der Waals surface area contributed by atoms with Crippen molar-refractivity contribution in [2.45, 2.75) is 12.8 Å². The lowest BCUT2D eigenvalue weighted by molar-refractivity contribution is 0.0652. The second-order valence-corrected chi connectivity index (χ2v) is 8.54. The van der Waals surface area contributed by atoms with Gasteiger partial charge in [-0.25, -0.2) is 4.99 Å². The second-order valence-electron chi connectivity index (χ2n) is 7.37. The number of aliphatic hydroxyl groups is 1. The molecule has 0 aromatic rings. The van der Waals surface area contributed by atoms with Gasteiger partial charge in [-0.2, -0.15) is 0 Å². The molecule has 2 bridgehead atoms. The minimum Gasteiger partial charge on any atom is -0.394 e. The molecule has 0 radical (unpaired) electrons. The Hall–Kier alpha value is -1.86. The molecule has 2 heterocycles. The molecule has 5 nitrogen and oxygen atoms in total. The number of ether oxygens (including phenoxy) is 1. The van der Waals surface area contributed by atoms with E-state index < -0.39 is 0 Å². The molecule has 0 spiro atoms. The molecule has 0 amide bonds. The Balaban J connectivity index is 1.52. The van der Waals surface area contributed by atoms with Gasteiger partial charge in [-0.15, -0.1) is 0 Å². The van der Waals surface area contributed by atoms with Gasteiger partial charge in [0.2, 0.25) is 0 Å². The first-order valence-corrected chi connectivity index (χ1v) is 11.2. The van der Waals surface area contributed by atoms with E-state index in [1.54, 1.807) is 0 Å². The third kappa shape index (κ3) is 5.39. The quantitative estimate of drug-likeness (QED) is 0.704. The van der Waals surface area contributed by atoms with Crippen LogP contribution in [0.3, 0.4) is 0 Å². The van der Waals surface area contributed by atoms with Crippen LogP contribution in [0, 0.1) is 0 Å². The van der Waals surface area contributed by atoms with E-state index in [2.05, 4.69) is 58.4 Å². The van der Waals surface area contributed by atoms with Gasteiger partial charge in [-0.05, 0) is 17.4 Å². The summed E-state index contributed by atoms with van der Waals surface area (Å²) < 4.78 is 5.43. The van der Waals surface area contributed by atoms with Crippen LogP contribution in [0.5, 0.6) is 0 Å². The lowest BCUT2D eigenvalue weighted by Gasteiger charge is -2.37. The summed E-state index contributed by atoms with van der Waals surface area (Å²) >= 11 is 1.88. The molecule has 29 heavy (non-hydrogen) atoms. The molecular formula is C23H29N3O2S. The van der Waals surface area contributed by atoms with Gasteiger partial charge >= 0.3 is 0 Å². The summed E-state index contributed by atoms with van der Waals surface area (Å²) in [6.45, 7) is 6.03. The van der Waals surface area contributed by atoms with Crippen molar-refractivity contribution in [3.05, 3.63) is 69.7 Å². The van der Waals surface area contributed by atoms with Gasteiger partial charge in [0.25, 0.3) is 0 Å². The zero-order chi connectivity index (χ0) is 19.9. The second kappa shape index (κ2) is 10.3. The number of hydrogen-bond acceptors (Lipinski definition) is 6. The molecule has 1 N–H and O–H groups in total. The summed E-state index contributed by atoms with van der Waals surface area (Å²) in [7, 11) is 0. The van der Waals surface area contributed by atoms with Gasteiger partial charge in [0, 0.05) is 55.3 Å². The minimum absolute atomic E-state index is 0.0902. The number of aliphatic hydroxyl groups excluding tert-OH is 1. The molecule has 2 aliphatic heterocycles. The largest absolute Gasteiger partial charge is 0.394 e. The van der Waals surface area contributed by atoms with Gasteiger partial charge in [0.1, 0.15) is 5.84 Å². The maximum Gasteiger partial charge on any atom is 0.137 e. The maximum absolute atomic E-state index is 8.83. The summed E-state index contributed by atoms with van der Waals surface area (Å²) in [4.78, 5) is 12.7. The van der Waals surface area contributed by atoms with Crippen LogP contribution in [0.15, 0.2) is 74.7 Å². The monoisotopic (exact) mass is 411 g/mol. The number of allylic oxidation sites excluding steroid dienone is 9. The summed E-state index contributed by atoms with van der Waals surface area (Å²) in [5.74, 6) is 1.10. The Labute approximate surface area is 177 Å². The number of amidine groups is 1. The van der Waals surface area contributed by atoms with Gasteiger partial charge in [-0.3, -0.25) is 4.90 Å². The highest BCUT2D eigenvalue weighted by Crippen LogP contribution is 2.40. The molecule has 1 fully saturated rings. The van der Waals surface area contributed by atoms with Crippen molar-refractivity contribution >= 4 is 17.6 Å². The predicted octanol–water partition coefficient (Wildman–Crippen LogP) is 3.26. The first-order valence-electron chi connectivity index (χ1n) is 10.4. The normalized spacial score (nSPS) is 24.0. The lowest BCUT2D eigenvalue weighted by Crippen LogP contribution is -2.50. The van der Waals surface area contributed by atoms with Crippen LogP contribution in [-0.4, -0.2) is 73.3 Å². The fourth-order valence-corrected chi connectivity index (χ4v) is 4.88. The van der Waals surface area contributed by atoms with Crippen LogP contribution in [0.2, 0.25) is 0 Å². The molecule has 0 aromatic carbocycles. The number of fused-ring (bicyclic) bond motifs is 3. The SMILES string of the molecule is OCCOCCN1CCN(/C2=N/C3=CC=CC=C(C3)SC3=CCC=CC=C32)CC1. The summed E-state index contributed by atoms with van der Waals surface area (Å²) in [5, 5.41) is 8.83. The molecule has 6 heteroatoms. The molecule has 2 aliphatic carbocycles. The van der Waals surface area contributed by atoms with E-state index >= 15 is 0 Å². The zero-order valence-electron chi connectivity index (χ0n) is 16.8. The Morgan fingerprint density at radius 1 is 1.03 bits per heavy atom. The number of hydrogen-bond donors (Lipinski definition) is 1. The minimum atomic E-state index is 0.0902.